The van der Waals surface area contributed by atoms with Crippen LogP contribution in [0, 0.1) is 0 Å². The van der Waals surface area contributed by atoms with Crippen molar-refractivity contribution in [3.05, 3.63) is 260 Å². The zero-order valence-corrected chi connectivity index (χ0v) is 44.9. The van der Waals surface area contributed by atoms with E-state index >= 15 is 0 Å². The maximum atomic E-state index is 6.22. The summed E-state index contributed by atoms with van der Waals surface area (Å²) in [4.78, 5) is 5.46. The summed E-state index contributed by atoms with van der Waals surface area (Å²) in [7, 11) is 0. The number of aromatic nitrogens is 5. The zero-order valence-electron chi connectivity index (χ0n) is 44.9. The molecule has 11 aromatic carbocycles. The first kappa shape index (κ1) is 45.6. The van der Waals surface area contributed by atoms with E-state index in [4.69, 9.17) is 9.40 Å². The van der Waals surface area contributed by atoms with Crippen molar-refractivity contribution in [3.8, 4) is 45.3 Å². The molecule has 0 radical (unpaired) electrons. The van der Waals surface area contributed by atoms with Gasteiger partial charge >= 0.3 is 0 Å². The van der Waals surface area contributed by atoms with Crippen LogP contribution in [0.3, 0.4) is 0 Å². The molecule has 0 aliphatic carbocycles. The smallest absolute Gasteiger partial charge is 0.138 e. The summed E-state index contributed by atoms with van der Waals surface area (Å²) in [5.74, 6) is 0.861. The van der Waals surface area contributed by atoms with Crippen LogP contribution in [0.4, 0.5) is 0 Å². The van der Waals surface area contributed by atoms with Crippen LogP contribution in [0.1, 0.15) is 26.3 Å². The van der Waals surface area contributed by atoms with Crippen LogP contribution in [0.2, 0.25) is 0 Å². The summed E-state index contributed by atoms with van der Waals surface area (Å²) >= 11 is 0. The highest BCUT2D eigenvalue weighted by Crippen LogP contribution is 2.45. The fourth-order valence-corrected chi connectivity index (χ4v) is 13.3. The summed E-state index contributed by atoms with van der Waals surface area (Å²) in [6, 6.07) is 93.1. The molecule has 6 nitrogen and oxygen atoms in total. The van der Waals surface area contributed by atoms with Crippen molar-refractivity contribution in [3.63, 3.8) is 0 Å². The van der Waals surface area contributed by atoms with Crippen molar-refractivity contribution in [2.75, 3.05) is 0 Å². The van der Waals surface area contributed by atoms with Crippen molar-refractivity contribution in [2.45, 2.75) is 26.2 Å². The maximum absolute atomic E-state index is 6.22. The largest absolute Gasteiger partial charge is 0.456 e. The van der Waals surface area contributed by atoms with Gasteiger partial charge in [-0.15, -0.1) is 0 Å². The van der Waals surface area contributed by atoms with Gasteiger partial charge in [-0.25, -0.2) is 4.98 Å². The normalized spacial score (nSPS) is 12.4. The van der Waals surface area contributed by atoms with E-state index in [-0.39, 0.29) is 5.41 Å². The third-order valence-corrected chi connectivity index (χ3v) is 17.1. The Balaban J connectivity index is 0.891. The minimum atomic E-state index is 0.0145. The molecule has 17 rings (SSSR count). The summed E-state index contributed by atoms with van der Waals surface area (Å²) in [5, 5.41) is 11.8. The van der Waals surface area contributed by atoms with Crippen molar-refractivity contribution in [1.29, 1.82) is 0 Å². The molecule has 0 spiro atoms. The fourth-order valence-electron chi connectivity index (χ4n) is 13.3. The molecule has 0 bridgehead atoms. The van der Waals surface area contributed by atoms with Gasteiger partial charge in [0, 0.05) is 76.5 Å². The van der Waals surface area contributed by atoms with Gasteiger partial charge in [-0.2, -0.15) is 0 Å². The molecule has 0 saturated heterocycles. The number of benzene rings is 11. The van der Waals surface area contributed by atoms with E-state index in [1.165, 1.54) is 65.2 Å². The van der Waals surface area contributed by atoms with Gasteiger partial charge in [0.2, 0.25) is 0 Å². The van der Waals surface area contributed by atoms with Crippen LogP contribution in [-0.2, 0) is 5.41 Å². The Hall–Kier alpha value is -10.4. The SMILES string of the molecule is CC(C)(C)c1ccc(-n2c3ccc(-c4ccc5c6ccc7c8ccccc8n(-c8ccccc8)c7c6n(-c6ccccc6)c5c4)cc3c3cc4c5ccccc5n(-c5cccc(-c6ccc7oc8ccccc8c7c6)n5)c4cc32)cc1. The molecule has 6 heterocycles. The standard InChI is InChI=1S/C75H51N5O/c1-75(2,3)49-32-34-52(35-33-49)77-66-39-30-46(47-29-36-55-58-38-37-57-53-21-10-13-25-64(53)78(50-17-6-4-7-18-50)73(57)74(58)79(67(55)43-47)51-19-8-5-9-20-51)41-59(66)61-44-60-54-22-11-14-26-65(54)80(69(60)45-68(61)77)72-28-16-24-63(76-72)48-31-40-71-62(42-48)56-23-12-15-27-70(56)81-71/h4-45H,1-3H3. The van der Waals surface area contributed by atoms with Crippen LogP contribution >= 0.6 is 0 Å². The lowest BCUT2D eigenvalue weighted by Crippen LogP contribution is -2.10. The van der Waals surface area contributed by atoms with E-state index in [2.05, 4.69) is 282 Å². The molecule has 6 heteroatoms. The predicted octanol–water partition coefficient (Wildman–Crippen LogP) is 20.0. The van der Waals surface area contributed by atoms with Crippen molar-refractivity contribution < 1.29 is 4.42 Å². The molecule has 17 aromatic rings. The topological polar surface area (TPSA) is 45.8 Å². The molecular weight excluding hydrogens is 987 g/mol. The Bertz CT molecular complexity index is 5430. The number of hydrogen-bond donors (Lipinski definition) is 0. The Morgan fingerprint density at radius 2 is 0.790 bits per heavy atom. The van der Waals surface area contributed by atoms with Crippen LogP contribution < -0.4 is 0 Å². The monoisotopic (exact) mass is 1040 g/mol. The zero-order chi connectivity index (χ0) is 53.7. The molecular formula is C75H51N5O. The van der Waals surface area contributed by atoms with E-state index in [1.54, 1.807) is 0 Å². The Morgan fingerprint density at radius 3 is 1.52 bits per heavy atom. The summed E-state index contributed by atoms with van der Waals surface area (Å²) in [5.41, 5.74) is 19.9. The molecule has 0 N–H and O–H groups in total. The lowest BCUT2D eigenvalue weighted by Gasteiger charge is -2.19. The average Bonchev–Trinajstić information content (AvgIpc) is 2.94. The number of nitrogens with zero attached hydrogens (tertiary/aromatic N) is 5. The van der Waals surface area contributed by atoms with Gasteiger partial charge in [-0.3, -0.25) is 4.57 Å². The van der Waals surface area contributed by atoms with Gasteiger partial charge in [0.1, 0.15) is 17.0 Å². The molecule has 0 atom stereocenters. The average molecular weight is 1040 g/mol. The Labute approximate surface area is 466 Å². The Morgan fingerprint density at radius 1 is 0.296 bits per heavy atom. The highest BCUT2D eigenvalue weighted by atomic mass is 16.3. The highest BCUT2D eigenvalue weighted by molar-refractivity contribution is 6.25. The van der Waals surface area contributed by atoms with Gasteiger partial charge in [-0.1, -0.05) is 160 Å². The van der Waals surface area contributed by atoms with Gasteiger partial charge in [0.15, 0.2) is 0 Å². The maximum Gasteiger partial charge on any atom is 0.138 e. The van der Waals surface area contributed by atoms with Crippen molar-refractivity contribution >= 4 is 109 Å². The molecule has 0 aliphatic rings. The van der Waals surface area contributed by atoms with Crippen LogP contribution in [0.15, 0.2) is 259 Å². The number of fused-ring (bicyclic) bond motifs is 16. The van der Waals surface area contributed by atoms with Gasteiger partial charge in [0.05, 0.1) is 49.8 Å². The molecule has 382 valence electrons. The van der Waals surface area contributed by atoms with Crippen LogP contribution in [0.5, 0.6) is 0 Å². The first-order valence-corrected chi connectivity index (χ1v) is 27.9. The van der Waals surface area contributed by atoms with Crippen molar-refractivity contribution in [2.24, 2.45) is 0 Å². The predicted molar refractivity (Wildman–Crippen MR) is 338 cm³/mol. The van der Waals surface area contributed by atoms with Gasteiger partial charge in [0.25, 0.3) is 0 Å². The van der Waals surface area contributed by atoms with Gasteiger partial charge < -0.3 is 18.1 Å². The first-order chi connectivity index (χ1) is 39.8. The molecule has 6 aromatic heterocycles. The van der Waals surface area contributed by atoms with E-state index in [0.717, 1.165) is 94.8 Å². The molecule has 0 saturated carbocycles. The molecule has 81 heavy (non-hydrogen) atoms. The third kappa shape index (κ3) is 6.77. The molecule has 0 aliphatic heterocycles. The summed E-state index contributed by atoms with van der Waals surface area (Å²) in [6.07, 6.45) is 0. The highest BCUT2D eigenvalue weighted by Gasteiger charge is 2.24. The summed E-state index contributed by atoms with van der Waals surface area (Å²) in [6.45, 7) is 6.84. The lowest BCUT2D eigenvalue weighted by atomic mass is 9.87. The van der Waals surface area contributed by atoms with Gasteiger partial charge in [-0.05, 0) is 137 Å². The van der Waals surface area contributed by atoms with Crippen molar-refractivity contribution in [1.82, 2.24) is 23.3 Å². The number of pyridine rings is 1. The molecule has 0 unspecified atom stereocenters. The minimum Gasteiger partial charge on any atom is -0.456 e. The third-order valence-electron chi connectivity index (χ3n) is 17.1. The van der Waals surface area contributed by atoms with E-state index < -0.39 is 0 Å². The second-order valence-electron chi connectivity index (χ2n) is 22.7. The van der Waals surface area contributed by atoms with Crippen LogP contribution in [0.25, 0.3) is 154 Å². The van der Waals surface area contributed by atoms with E-state index in [0.29, 0.717) is 0 Å². The van der Waals surface area contributed by atoms with E-state index in [1.807, 2.05) is 12.1 Å². The van der Waals surface area contributed by atoms with E-state index in [9.17, 15) is 0 Å². The Kier molecular flexibility index (Phi) is 9.59. The number of rotatable bonds is 6. The fraction of sp³-hybridized carbons (Fsp3) is 0.0533. The number of furan rings is 1. The summed E-state index contributed by atoms with van der Waals surface area (Å²) < 4.78 is 16.0. The number of para-hydroxylation sites is 5. The van der Waals surface area contributed by atoms with Crippen LogP contribution in [-0.4, -0.2) is 23.3 Å². The molecule has 0 amide bonds. The lowest BCUT2D eigenvalue weighted by molar-refractivity contribution is 0.590. The second-order valence-corrected chi connectivity index (χ2v) is 22.7. The molecule has 0 fully saturated rings. The number of hydrogen-bond acceptors (Lipinski definition) is 2. The quantitative estimate of drug-likeness (QED) is 0.167. The first-order valence-electron chi connectivity index (χ1n) is 27.9. The second kappa shape index (κ2) is 17.0. The minimum absolute atomic E-state index is 0.0145.